The number of carbonyl (C=O) groups is 1. The molecule has 1 rings (SSSR count). The molecule has 0 aliphatic rings. The van der Waals surface area contributed by atoms with E-state index in [1.165, 1.54) is 0 Å². The fourth-order valence-corrected chi connectivity index (χ4v) is 1.51. The lowest BCUT2D eigenvalue weighted by molar-refractivity contribution is -0.128. The van der Waals surface area contributed by atoms with Gasteiger partial charge in [-0.05, 0) is 32.4 Å². The first-order valence-electron chi connectivity index (χ1n) is 6.27. The van der Waals surface area contributed by atoms with Gasteiger partial charge < -0.3 is 15.2 Å². The topological polar surface area (TPSA) is 58.6 Å². The Morgan fingerprint density at radius 2 is 2.16 bits per heavy atom. The van der Waals surface area contributed by atoms with E-state index < -0.39 is 11.7 Å². The van der Waals surface area contributed by atoms with Crippen molar-refractivity contribution in [3.63, 3.8) is 0 Å². The maximum Gasteiger partial charge on any atom is 0.260 e. The van der Waals surface area contributed by atoms with Crippen molar-refractivity contribution in [1.82, 2.24) is 5.32 Å². The van der Waals surface area contributed by atoms with Crippen molar-refractivity contribution in [1.29, 1.82) is 0 Å². The van der Waals surface area contributed by atoms with E-state index in [1.54, 1.807) is 38.1 Å². The highest BCUT2D eigenvalue weighted by Gasteiger charge is 2.21. The van der Waals surface area contributed by atoms with Crippen LogP contribution in [0.1, 0.15) is 27.2 Å². The van der Waals surface area contributed by atoms with Crippen LogP contribution in [0.15, 0.2) is 24.3 Å². The van der Waals surface area contributed by atoms with Crippen LogP contribution in [0.4, 0.5) is 0 Å². The summed E-state index contributed by atoms with van der Waals surface area (Å²) in [5.74, 6) is 0.183. The van der Waals surface area contributed by atoms with Crippen molar-refractivity contribution in [2.24, 2.45) is 0 Å². The Hall–Kier alpha value is -1.26. The van der Waals surface area contributed by atoms with E-state index in [2.05, 4.69) is 5.32 Å². The lowest BCUT2D eigenvalue weighted by Gasteiger charge is -2.23. The monoisotopic (exact) mass is 285 g/mol. The van der Waals surface area contributed by atoms with Gasteiger partial charge in [-0.2, -0.15) is 0 Å². The number of halogens is 1. The average molecular weight is 286 g/mol. The summed E-state index contributed by atoms with van der Waals surface area (Å²) >= 11 is 5.95. The lowest BCUT2D eigenvalue weighted by atomic mass is 10.0. The maximum absolute atomic E-state index is 11.8. The van der Waals surface area contributed by atoms with Crippen LogP contribution in [-0.4, -0.2) is 29.3 Å². The van der Waals surface area contributed by atoms with E-state index in [-0.39, 0.29) is 12.5 Å². The minimum Gasteiger partial charge on any atom is -0.479 e. The zero-order chi connectivity index (χ0) is 14.5. The number of hydrogen-bond donors (Lipinski definition) is 2. The molecule has 0 fully saturated rings. The Morgan fingerprint density at radius 3 is 2.74 bits per heavy atom. The van der Waals surface area contributed by atoms with Gasteiger partial charge in [-0.1, -0.05) is 30.7 Å². The standard InChI is InChI=1S/C14H20ClNO3/c1-4-14(3,18)9-16-13(17)10(2)19-12-8-6-5-7-11(12)15/h5-8,10,18H,4,9H2,1-3H3,(H,16,17). The molecule has 1 aromatic carbocycles. The highest BCUT2D eigenvalue weighted by Crippen LogP contribution is 2.24. The molecule has 0 bridgehead atoms. The molecule has 106 valence electrons. The summed E-state index contributed by atoms with van der Waals surface area (Å²) < 4.78 is 5.48. The molecule has 1 aromatic rings. The van der Waals surface area contributed by atoms with Gasteiger partial charge >= 0.3 is 0 Å². The van der Waals surface area contributed by atoms with E-state index in [9.17, 15) is 9.90 Å². The van der Waals surface area contributed by atoms with Crippen molar-refractivity contribution < 1.29 is 14.6 Å². The van der Waals surface area contributed by atoms with Crippen LogP contribution in [0.5, 0.6) is 5.75 Å². The largest absolute Gasteiger partial charge is 0.479 e. The number of benzene rings is 1. The van der Waals surface area contributed by atoms with Crippen LogP contribution in [0.25, 0.3) is 0 Å². The molecule has 1 amide bonds. The van der Waals surface area contributed by atoms with Crippen molar-refractivity contribution in [3.8, 4) is 5.75 Å². The molecule has 5 heteroatoms. The minimum atomic E-state index is -0.903. The molecule has 0 aliphatic heterocycles. The molecular weight excluding hydrogens is 266 g/mol. The van der Waals surface area contributed by atoms with Gasteiger partial charge in [-0.3, -0.25) is 4.79 Å². The second kappa shape index (κ2) is 6.78. The predicted octanol–water partition coefficient (Wildman–Crippen LogP) is 2.38. The number of amides is 1. The third kappa shape index (κ3) is 5.09. The van der Waals surface area contributed by atoms with Gasteiger partial charge in [0.1, 0.15) is 5.75 Å². The minimum absolute atomic E-state index is 0.193. The number of nitrogens with one attached hydrogen (secondary N) is 1. The summed E-state index contributed by atoms with van der Waals surface area (Å²) in [5.41, 5.74) is -0.903. The van der Waals surface area contributed by atoms with Crippen molar-refractivity contribution in [2.45, 2.75) is 38.9 Å². The van der Waals surface area contributed by atoms with E-state index in [4.69, 9.17) is 16.3 Å². The van der Waals surface area contributed by atoms with Crippen LogP contribution in [-0.2, 0) is 4.79 Å². The second-order valence-corrected chi connectivity index (χ2v) is 5.17. The predicted molar refractivity (Wildman–Crippen MR) is 75.5 cm³/mol. The SMILES string of the molecule is CCC(C)(O)CNC(=O)C(C)Oc1ccccc1Cl. The third-order valence-corrected chi connectivity index (χ3v) is 3.23. The molecule has 19 heavy (non-hydrogen) atoms. The zero-order valence-electron chi connectivity index (χ0n) is 11.4. The smallest absolute Gasteiger partial charge is 0.260 e. The summed E-state index contributed by atoms with van der Waals surface area (Å²) in [6, 6.07) is 6.98. The van der Waals surface area contributed by atoms with Crippen LogP contribution in [0.2, 0.25) is 5.02 Å². The molecule has 0 aromatic heterocycles. The summed E-state index contributed by atoms with van der Waals surface area (Å²) in [6.45, 7) is 5.36. The third-order valence-electron chi connectivity index (χ3n) is 2.91. The Labute approximate surface area is 118 Å². The van der Waals surface area contributed by atoms with E-state index in [1.807, 2.05) is 6.92 Å². The molecule has 0 radical (unpaired) electrons. The molecule has 2 N–H and O–H groups in total. The fourth-order valence-electron chi connectivity index (χ4n) is 1.33. The molecule has 2 atom stereocenters. The van der Waals surface area contributed by atoms with Crippen LogP contribution < -0.4 is 10.1 Å². The van der Waals surface area contributed by atoms with Gasteiger partial charge in [-0.15, -0.1) is 0 Å². The molecule has 0 aliphatic carbocycles. The zero-order valence-corrected chi connectivity index (χ0v) is 12.2. The highest BCUT2D eigenvalue weighted by molar-refractivity contribution is 6.32. The second-order valence-electron chi connectivity index (χ2n) is 4.76. The van der Waals surface area contributed by atoms with Crippen LogP contribution in [0, 0.1) is 0 Å². The lowest BCUT2D eigenvalue weighted by Crippen LogP contribution is -2.44. The average Bonchev–Trinajstić information content (AvgIpc) is 2.38. The number of hydrogen-bond acceptors (Lipinski definition) is 3. The van der Waals surface area contributed by atoms with Gasteiger partial charge in [0, 0.05) is 6.54 Å². The molecule has 2 unspecified atom stereocenters. The highest BCUT2D eigenvalue weighted by atomic mass is 35.5. The molecule has 4 nitrogen and oxygen atoms in total. The van der Waals surface area contributed by atoms with E-state index in [0.29, 0.717) is 17.2 Å². The molecule has 0 saturated carbocycles. The number of carbonyl (C=O) groups excluding carboxylic acids is 1. The molecular formula is C14H20ClNO3. The molecule has 0 heterocycles. The molecule has 0 saturated heterocycles. The van der Waals surface area contributed by atoms with Crippen molar-refractivity contribution in [3.05, 3.63) is 29.3 Å². The number of ether oxygens (including phenoxy) is 1. The van der Waals surface area contributed by atoms with Gasteiger partial charge in [0.05, 0.1) is 10.6 Å². The number of aliphatic hydroxyl groups is 1. The van der Waals surface area contributed by atoms with Crippen molar-refractivity contribution in [2.75, 3.05) is 6.54 Å². The van der Waals surface area contributed by atoms with Crippen molar-refractivity contribution >= 4 is 17.5 Å². The summed E-state index contributed by atoms with van der Waals surface area (Å²) in [5, 5.41) is 12.9. The number of rotatable bonds is 6. The Balaban J connectivity index is 2.52. The number of para-hydroxylation sites is 1. The van der Waals surface area contributed by atoms with Crippen LogP contribution >= 0.6 is 11.6 Å². The van der Waals surface area contributed by atoms with Gasteiger partial charge in [0.2, 0.25) is 0 Å². The maximum atomic E-state index is 11.8. The molecule has 0 spiro atoms. The Bertz CT molecular complexity index is 434. The van der Waals surface area contributed by atoms with Crippen LogP contribution in [0.3, 0.4) is 0 Å². The van der Waals surface area contributed by atoms with Gasteiger partial charge in [0.15, 0.2) is 6.10 Å². The first-order chi connectivity index (χ1) is 8.85. The van der Waals surface area contributed by atoms with E-state index >= 15 is 0 Å². The van der Waals surface area contributed by atoms with E-state index in [0.717, 1.165) is 0 Å². The quantitative estimate of drug-likeness (QED) is 0.844. The first-order valence-corrected chi connectivity index (χ1v) is 6.65. The Morgan fingerprint density at radius 1 is 1.53 bits per heavy atom. The Kier molecular flexibility index (Phi) is 5.63. The normalized spacial score (nSPS) is 15.4. The summed E-state index contributed by atoms with van der Waals surface area (Å²) in [6.07, 6.45) is -0.111. The summed E-state index contributed by atoms with van der Waals surface area (Å²) in [7, 11) is 0. The van der Waals surface area contributed by atoms with Gasteiger partial charge in [-0.25, -0.2) is 0 Å². The fraction of sp³-hybridized carbons (Fsp3) is 0.500. The van der Waals surface area contributed by atoms with Gasteiger partial charge in [0.25, 0.3) is 5.91 Å². The summed E-state index contributed by atoms with van der Waals surface area (Å²) in [4.78, 5) is 11.8. The first kappa shape index (κ1) is 15.8.